The summed E-state index contributed by atoms with van der Waals surface area (Å²) >= 11 is 1.87. The third kappa shape index (κ3) is 6.35. The molecule has 1 nitrogen and oxygen atoms in total. The summed E-state index contributed by atoms with van der Waals surface area (Å²) < 4.78 is 2.67. The normalized spacial score (nSPS) is 13.8. The second-order valence-electron chi connectivity index (χ2n) is 19.7. The molecule has 1 heterocycles. The van der Waals surface area contributed by atoms with Crippen molar-refractivity contribution in [1.82, 2.24) is 0 Å². The Labute approximate surface area is 403 Å². The SMILES string of the molecule is CC1(C)c2cc(-c3ccccc3)ccc2-c2ccc(N(c3ccc(-c4ccccc4-c4ccccc4)cc3)c3ccc4c(c3)C(C)(C)c3cc(-c5ccc6sc7ccccc7c6c5)ccc3-4)cc21. The zero-order valence-corrected chi connectivity index (χ0v) is 39.5. The van der Waals surface area contributed by atoms with Crippen LogP contribution in [0.5, 0.6) is 0 Å². The molecule has 0 saturated carbocycles. The Kier molecular flexibility index (Phi) is 9.16. The molecule has 0 radical (unpaired) electrons. The van der Waals surface area contributed by atoms with Crippen molar-refractivity contribution in [2.75, 3.05) is 4.90 Å². The number of hydrogen-bond donors (Lipinski definition) is 0. The Hall–Kier alpha value is -7.78. The van der Waals surface area contributed by atoms with Crippen molar-refractivity contribution in [3.8, 4) is 66.8 Å². The van der Waals surface area contributed by atoms with Crippen molar-refractivity contribution in [3.05, 3.63) is 247 Å². The average Bonchev–Trinajstić information content (AvgIpc) is 3.95. The van der Waals surface area contributed by atoms with Gasteiger partial charge in [0.05, 0.1) is 0 Å². The van der Waals surface area contributed by atoms with E-state index in [-0.39, 0.29) is 10.8 Å². The second-order valence-corrected chi connectivity index (χ2v) is 20.8. The monoisotopic (exact) mass is 887 g/mol. The van der Waals surface area contributed by atoms with Gasteiger partial charge >= 0.3 is 0 Å². The fourth-order valence-electron chi connectivity index (χ4n) is 11.5. The number of anilines is 3. The first kappa shape index (κ1) is 40.5. The standard InChI is InChI=1S/C66H49NS/c1-65(2)59-38-46(42-15-7-5-8-16-42)25-32-53(59)55-34-30-49(40-61(55)65)67(48-28-23-44(24-29-48)52-20-12-11-19-51(52)43-17-9-6-10-18-43)50-31-35-56-54-33-26-47(39-60(54)66(3,4)62(56)41-50)45-27-36-64-58(37-45)57-21-13-14-22-63(57)68-64/h5-41H,1-4H3. The van der Waals surface area contributed by atoms with Crippen molar-refractivity contribution in [1.29, 1.82) is 0 Å². The molecular weight excluding hydrogens is 839 g/mol. The molecular formula is C66H49NS. The molecule has 0 aliphatic heterocycles. The van der Waals surface area contributed by atoms with Gasteiger partial charge in [-0.2, -0.15) is 0 Å². The van der Waals surface area contributed by atoms with Gasteiger partial charge in [0, 0.05) is 48.1 Å². The lowest BCUT2D eigenvalue weighted by molar-refractivity contribution is 0.660. The van der Waals surface area contributed by atoms with E-state index in [1.807, 2.05) is 11.3 Å². The van der Waals surface area contributed by atoms with Crippen LogP contribution < -0.4 is 4.90 Å². The molecule has 2 aliphatic carbocycles. The van der Waals surface area contributed by atoms with Crippen molar-refractivity contribution in [2.24, 2.45) is 0 Å². The molecule has 11 aromatic rings. The topological polar surface area (TPSA) is 3.24 Å². The summed E-state index contributed by atoms with van der Waals surface area (Å²) in [5.74, 6) is 0. The van der Waals surface area contributed by atoms with Gasteiger partial charge in [0.2, 0.25) is 0 Å². The van der Waals surface area contributed by atoms with Crippen LogP contribution in [-0.2, 0) is 10.8 Å². The number of thiophene rings is 1. The maximum Gasteiger partial charge on any atom is 0.0465 e. The first-order valence-electron chi connectivity index (χ1n) is 23.8. The third-order valence-electron chi connectivity index (χ3n) is 15.1. The molecule has 2 aliphatic rings. The minimum Gasteiger partial charge on any atom is -0.310 e. The van der Waals surface area contributed by atoms with Crippen LogP contribution in [0, 0.1) is 0 Å². The van der Waals surface area contributed by atoms with E-state index in [9.17, 15) is 0 Å². The summed E-state index contributed by atoms with van der Waals surface area (Å²) in [6.45, 7) is 9.60. The molecule has 0 atom stereocenters. The smallest absolute Gasteiger partial charge is 0.0465 e. The number of hydrogen-bond acceptors (Lipinski definition) is 2. The van der Waals surface area contributed by atoms with E-state index >= 15 is 0 Å². The largest absolute Gasteiger partial charge is 0.310 e. The minimum absolute atomic E-state index is 0.192. The molecule has 2 heteroatoms. The molecule has 0 unspecified atom stereocenters. The molecule has 10 aromatic carbocycles. The average molecular weight is 888 g/mol. The number of fused-ring (bicyclic) bond motifs is 9. The molecule has 0 bridgehead atoms. The fraction of sp³-hybridized carbons (Fsp3) is 0.0909. The van der Waals surface area contributed by atoms with E-state index < -0.39 is 0 Å². The van der Waals surface area contributed by atoms with Crippen molar-refractivity contribution < 1.29 is 0 Å². The Morgan fingerprint density at radius 1 is 0.279 bits per heavy atom. The Morgan fingerprint density at radius 3 is 1.26 bits per heavy atom. The number of benzene rings is 10. The van der Waals surface area contributed by atoms with Crippen LogP contribution in [0.2, 0.25) is 0 Å². The van der Waals surface area contributed by atoms with E-state index in [1.165, 1.54) is 109 Å². The highest BCUT2D eigenvalue weighted by molar-refractivity contribution is 7.25. The van der Waals surface area contributed by atoms with Crippen molar-refractivity contribution >= 4 is 48.6 Å². The van der Waals surface area contributed by atoms with Gasteiger partial charge in [-0.05, 0) is 156 Å². The first-order chi connectivity index (χ1) is 33.2. The maximum atomic E-state index is 2.48. The quantitative estimate of drug-likeness (QED) is 0.154. The molecule has 68 heavy (non-hydrogen) atoms. The summed E-state index contributed by atoms with van der Waals surface area (Å²) in [5.41, 5.74) is 23.6. The summed E-state index contributed by atoms with van der Waals surface area (Å²) in [7, 11) is 0. The molecule has 0 spiro atoms. The van der Waals surface area contributed by atoms with Crippen LogP contribution in [0.25, 0.3) is 86.9 Å². The van der Waals surface area contributed by atoms with E-state index in [1.54, 1.807) is 0 Å². The molecule has 0 N–H and O–H groups in total. The van der Waals surface area contributed by atoms with E-state index in [2.05, 4.69) is 257 Å². The lowest BCUT2D eigenvalue weighted by atomic mass is 9.81. The molecule has 0 amide bonds. The zero-order valence-electron chi connectivity index (χ0n) is 38.7. The molecule has 13 rings (SSSR count). The predicted octanol–water partition coefficient (Wildman–Crippen LogP) is 18.8. The maximum absolute atomic E-state index is 2.48. The lowest BCUT2D eigenvalue weighted by Gasteiger charge is -2.30. The van der Waals surface area contributed by atoms with Crippen LogP contribution in [0.4, 0.5) is 17.1 Å². The fourth-order valence-corrected chi connectivity index (χ4v) is 12.6. The lowest BCUT2D eigenvalue weighted by Crippen LogP contribution is -2.18. The molecule has 0 fully saturated rings. The molecule has 324 valence electrons. The van der Waals surface area contributed by atoms with Gasteiger partial charge in [0.25, 0.3) is 0 Å². The van der Waals surface area contributed by atoms with Gasteiger partial charge in [0.15, 0.2) is 0 Å². The van der Waals surface area contributed by atoms with Gasteiger partial charge in [-0.15, -0.1) is 11.3 Å². The Morgan fingerprint density at radius 2 is 0.676 bits per heavy atom. The highest BCUT2D eigenvalue weighted by Crippen LogP contribution is 2.54. The summed E-state index contributed by atoms with van der Waals surface area (Å²) in [4.78, 5) is 2.48. The van der Waals surface area contributed by atoms with Gasteiger partial charge in [0.1, 0.15) is 0 Å². The first-order valence-corrected chi connectivity index (χ1v) is 24.6. The zero-order chi connectivity index (χ0) is 45.7. The van der Waals surface area contributed by atoms with E-state index in [0.717, 1.165) is 17.1 Å². The Bertz CT molecular complexity index is 3780. The second kappa shape index (κ2) is 15.4. The van der Waals surface area contributed by atoms with Gasteiger partial charge < -0.3 is 4.90 Å². The van der Waals surface area contributed by atoms with Gasteiger partial charge in [-0.1, -0.05) is 185 Å². The summed E-state index contributed by atoms with van der Waals surface area (Å²) in [6, 6.07) is 83.8. The predicted molar refractivity (Wildman–Crippen MR) is 291 cm³/mol. The van der Waals surface area contributed by atoms with E-state index in [4.69, 9.17) is 0 Å². The summed E-state index contributed by atoms with van der Waals surface area (Å²) in [6.07, 6.45) is 0. The number of nitrogens with zero attached hydrogens (tertiary/aromatic N) is 1. The van der Waals surface area contributed by atoms with Crippen molar-refractivity contribution in [3.63, 3.8) is 0 Å². The highest BCUT2D eigenvalue weighted by atomic mass is 32.1. The summed E-state index contributed by atoms with van der Waals surface area (Å²) in [5, 5.41) is 2.67. The van der Waals surface area contributed by atoms with Crippen LogP contribution in [-0.4, -0.2) is 0 Å². The van der Waals surface area contributed by atoms with Crippen LogP contribution in [0.1, 0.15) is 49.9 Å². The molecule has 1 aromatic heterocycles. The van der Waals surface area contributed by atoms with Crippen LogP contribution in [0.3, 0.4) is 0 Å². The van der Waals surface area contributed by atoms with Gasteiger partial charge in [-0.3, -0.25) is 0 Å². The van der Waals surface area contributed by atoms with Gasteiger partial charge in [-0.25, -0.2) is 0 Å². The van der Waals surface area contributed by atoms with Crippen molar-refractivity contribution in [2.45, 2.75) is 38.5 Å². The minimum atomic E-state index is -0.218. The molecule has 0 saturated heterocycles. The highest BCUT2D eigenvalue weighted by Gasteiger charge is 2.38. The number of rotatable bonds is 7. The van der Waals surface area contributed by atoms with Crippen LogP contribution >= 0.6 is 11.3 Å². The Balaban J connectivity index is 0.917. The van der Waals surface area contributed by atoms with Crippen LogP contribution in [0.15, 0.2) is 224 Å². The van der Waals surface area contributed by atoms with E-state index in [0.29, 0.717) is 0 Å². The third-order valence-corrected chi connectivity index (χ3v) is 16.3.